The smallest absolute Gasteiger partial charge is 0.0705 e. The molecule has 2 fully saturated rings. The summed E-state index contributed by atoms with van der Waals surface area (Å²) < 4.78 is 0. The Balaban J connectivity index is 1.50. The second kappa shape index (κ2) is 5.74. The molecule has 2 aromatic rings. The fourth-order valence-corrected chi connectivity index (χ4v) is 3.44. The third-order valence-corrected chi connectivity index (χ3v) is 4.83. The maximum Gasteiger partial charge on any atom is 0.0705 e. The number of rotatable bonds is 5. The lowest BCUT2D eigenvalue weighted by Crippen LogP contribution is -2.38. The fourth-order valence-electron chi connectivity index (χ4n) is 3.44. The van der Waals surface area contributed by atoms with Gasteiger partial charge in [0.15, 0.2) is 0 Å². The molecular weight excluding hydrogens is 258 g/mol. The second-order valence-electron chi connectivity index (χ2n) is 6.44. The van der Waals surface area contributed by atoms with Crippen LogP contribution in [0.4, 0.5) is 0 Å². The minimum Gasteiger partial charge on any atom is -0.312 e. The third kappa shape index (κ3) is 2.94. The van der Waals surface area contributed by atoms with Gasteiger partial charge in [-0.25, -0.2) is 0 Å². The van der Waals surface area contributed by atoms with E-state index in [4.69, 9.17) is 0 Å². The van der Waals surface area contributed by atoms with Crippen LogP contribution in [0, 0.1) is 0 Å². The molecule has 1 aromatic heterocycles. The Morgan fingerprint density at radius 1 is 1.14 bits per heavy atom. The van der Waals surface area contributed by atoms with Crippen molar-refractivity contribution in [2.75, 3.05) is 13.1 Å². The number of aromatic nitrogens is 1. The van der Waals surface area contributed by atoms with Gasteiger partial charge in [-0.2, -0.15) is 0 Å². The van der Waals surface area contributed by atoms with E-state index in [1.54, 1.807) is 0 Å². The average molecular weight is 281 g/mol. The van der Waals surface area contributed by atoms with Crippen LogP contribution < -0.4 is 5.32 Å². The van der Waals surface area contributed by atoms with Gasteiger partial charge in [-0.15, -0.1) is 0 Å². The van der Waals surface area contributed by atoms with E-state index in [2.05, 4.69) is 45.5 Å². The van der Waals surface area contributed by atoms with Gasteiger partial charge < -0.3 is 5.32 Å². The van der Waals surface area contributed by atoms with Crippen LogP contribution >= 0.6 is 0 Å². The summed E-state index contributed by atoms with van der Waals surface area (Å²) in [5.74, 6) is 0. The van der Waals surface area contributed by atoms with Crippen LogP contribution in [-0.2, 0) is 6.54 Å². The molecule has 4 rings (SSSR count). The van der Waals surface area contributed by atoms with Gasteiger partial charge in [-0.1, -0.05) is 18.2 Å². The fraction of sp³-hybridized carbons (Fsp3) is 0.500. The van der Waals surface area contributed by atoms with Crippen LogP contribution in [0.15, 0.2) is 36.5 Å². The highest BCUT2D eigenvalue weighted by molar-refractivity contribution is 5.81. The predicted molar refractivity (Wildman–Crippen MR) is 86.2 cm³/mol. The quantitative estimate of drug-likeness (QED) is 0.913. The van der Waals surface area contributed by atoms with Crippen molar-refractivity contribution in [2.24, 2.45) is 0 Å². The van der Waals surface area contributed by atoms with Crippen LogP contribution in [-0.4, -0.2) is 35.1 Å². The summed E-state index contributed by atoms with van der Waals surface area (Å²) in [6, 6.07) is 12.2. The number of nitrogens with zero attached hydrogens (tertiary/aromatic N) is 2. The molecule has 1 unspecified atom stereocenters. The van der Waals surface area contributed by atoms with E-state index < -0.39 is 0 Å². The molecule has 1 atom stereocenters. The molecule has 1 N–H and O–H groups in total. The standard InChI is InChI=1S/C18H23N3/c1-2-6-18-17(5-1)14(9-10-19-18)13-21-11-3-4-16(21)12-20-15-7-8-15/h1-2,5-6,9-10,15-16,20H,3-4,7-8,11-13H2. The van der Waals surface area contributed by atoms with E-state index in [9.17, 15) is 0 Å². The first-order valence-electron chi connectivity index (χ1n) is 8.20. The van der Waals surface area contributed by atoms with Gasteiger partial charge >= 0.3 is 0 Å². The first kappa shape index (κ1) is 13.2. The first-order chi connectivity index (χ1) is 10.4. The summed E-state index contributed by atoms with van der Waals surface area (Å²) in [4.78, 5) is 7.12. The second-order valence-corrected chi connectivity index (χ2v) is 6.44. The van der Waals surface area contributed by atoms with Crippen molar-refractivity contribution < 1.29 is 0 Å². The molecule has 2 heterocycles. The van der Waals surface area contributed by atoms with Gasteiger partial charge in [-0.3, -0.25) is 9.88 Å². The molecule has 0 radical (unpaired) electrons. The molecule has 3 heteroatoms. The zero-order valence-electron chi connectivity index (χ0n) is 12.5. The van der Waals surface area contributed by atoms with Crippen molar-refractivity contribution in [3.05, 3.63) is 42.1 Å². The van der Waals surface area contributed by atoms with Crippen LogP contribution in [0.2, 0.25) is 0 Å². The van der Waals surface area contributed by atoms with E-state index in [1.165, 1.54) is 43.2 Å². The molecule has 1 saturated carbocycles. The minimum absolute atomic E-state index is 0.706. The Kier molecular flexibility index (Phi) is 3.62. The zero-order chi connectivity index (χ0) is 14.1. The van der Waals surface area contributed by atoms with Crippen molar-refractivity contribution >= 4 is 10.9 Å². The Labute approximate surface area is 126 Å². The number of para-hydroxylation sites is 1. The van der Waals surface area contributed by atoms with Gasteiger partial charge in [-0.05, 0) is 49.9 Å². The maximum atomic E-state index is 4.47. The third-order valence-electron chi connectivity index (χ3n) is 4.83. The van der Waals surface area contributed by atoms with E-state index >= 15 is 0 Å². The predicted octanol–water partition coefficient (Wildman–Crippen LogP) is 2.95. The Morgan fingerprint density at radius 3 is 2.95 bits per heavy atom. The molecule has 110 valence electrons. The maximum absolute atomic E-state index is 4.47. The van der Waals surface area contributed by atoms with Crippen LogP contribution in [0.3, 0.4) is 0 Å². The van der Waals surface area contributed by atoms with Crippen molar-refractivity contribution in [3.63, 3.8) is 0 Å². The zero-order valence-corrected chi connectivity index (χ0v) is 12.5. The van der Waals surface area contributed by atoms with Crippen molar-refractivity contribution in [1.29, 1.82) is 0 Å². The summed E-state index contributed by atoms with van der Waals surface area (Å²) in [6.07, 6.45) is 7.37. The van der Waals surface area contributed by atoms with Crippen molar-refractivity contribution in [3.8, 4) is 0 Å². The molecule has 3 nitrogen and oxygen atoms in total. The highest BCUT2D eigenvalue weighted by Gasteiger charge is 2.27. The van der Waals surface area contributed by atoms with E-state index in [1.807, 2.05) is 6.20 Å². The normalized spacial score (nSPS) is 23.0. The summed E-state index contributed by atoms with van der Waals surface area (Å²) in [6.45, 7) is 3.45. The lowest BCUT2D eigenvalue weighted by molar-refractivity contribution is 0.239. The number of likely N-dealkylation sites (tertiary alicyclic amines) is 1. The van der Waals surface area contributed by atoms with Gasteiger partial charge in [0.25, 0.3) is 0 Å². The van der Waals surface area contributed by atoms with Gasteiger partial charge in [0.2, 0.25) is 0 Å². The number of hydrogen-bond donors (Lipinski definition) is 1. The van der Waals surface area contributed by atoms with Crippen LogP contribution in [0.5, 0.6) is 0 Å². The highest BCUT2D eigenvalue weighted by atomic mass is 15.2. The van der Waals surface area contributed by atoms with Gasteiger partial charge in [0, 0.05) is 36.8 Å². The first-order valence-corrected chi connectivity index (χ1v) is 8.20. The van der Waals surface area contributed by atoms with E-state index in [0.717, 1.165) is 24.6 Å². The van der Waals surface area contributed by atoms with Crippen LogP contribution in [0.1, 0.15) is 31.2 Å². The number of fused-ring (bicyclic) bond motifs is 1. The molecule has 1 saturated heterocycles. The molecule has 21 heavy (non-hydrogen) atoms. The Hall–Kier alpha value is -1.45. The highest BCUT2D eigenvalue weighted by Crippen LogP contribution is 2.25. The lowest BCUT2D eigenvalue weighted by Gasteiger charge is -2.25. The van der Waals surface area contributed by atoms with E-state index in [0.29, 0.717) is 6.04 Å². The summed E-state index contributed by atoms with van der Waals surface area (Å²) >= 11 is 0. The summed E-state index contributed by atoms with van der Waals surface area (Å²) in [5.41, 5.74) is 2.53. The number of benzene rings is 1. The molecule has 2 aliphatic rings. The molecule has 0 bridgehead atoms. The largest absolute Gasteiger partial charge is 0.312 e. The number of pyridine rings is 1. The minimum atomic E-state index is 0.706. The van der Waals surface area contributed by atoms with Gasteiger partial charge in [0.05, 0.1) is 5.52 Å². The van der Waals surface area contributed by atoms with Crippen LogP contribution in [0.25, 0.3) is 10.9 Å². The lowest BCUT2D eigenvalue weighted by atomic mass is 10.1. The Morgan fingerprint density at radius 2 is 2.05 bits per heavy atom. The molecule has 0 amide bonds. The average Bonchev–Trinajstić information content (AvgIpc) is 3.25. The summed E-state index contributed by atoms with van der Waals surface area (Å²) in [7, 11) is 0. The van der Waals surface area contributed by atoms with Gasteiger partial charge in [0.1, 0.15) is 0 Å². The molecule has 1 aliphatic carbocycles. The molecule has 0 spiro atoms. The monoisotopic (exact) mass is 281 g/mol. The molecule has 1 aliphatic heterocycles. The number of nitrogens with one attached hydrogen (secondary N) is 1. The molecule has 1 aromatic carbocycles. The van der Waals surface area contributed by atoms with E-state index in [-0.39, 0.29) is 0 Å². The van der Waals surface area contributed by atoms with Crippen molar-refractivity contribution in [1.82, 2.24) is 15.2 Å². The summed E-state index contributed by atoms with van der Waals surface area (Å²) in [5, 5.41) is 5.00. The topological polar surface area (TPSA) is 28.2 Å². The Bertz CT molecular complexity index is 615. The number of hydrogen-bond acceptors (Lipinski definition) is 3. The van der Waals surface area contributed by atoms with Crippen molar-refractivity contribution in [2.45, 2.75) is 44.3 Å². The molecular formula is C18H23N3. The SMILES string of the molecule is c1ccc2c(CN3CCCC3CNC3CC3)ccnc2c1.